The van der Waals surface area contributed by atoms with E-state index in [2.05, 4.69) is 13.8 Å². The molecular formula is C18H34O3. The first kappa shape index (κ1) is 17.2. The Morgan fingerprint density at radius 1 is 1.19 bits per heavy atom. The van der Waals surface area contributed by atoms with Crippen LogP contribution in [-0.2, 0) is 0 Å². The summed E-state index contributed by atoms with van der Waals surface area (Å²) < 4.78 is 0. The lowest BCUT2D eigenvalue weighted by Gasteiger charge is -2.45. The SMILES string of the molecule is C[C@H](CC[C@@H](O)C(C)(C)O)[C@H]1CC[C@H]2[C@@H](O)CCC[C@]12C. The highest BCUT2D eigenvalue weighted by Gasteiger charge is 2.52. The summed E-state index contributed by atoms with van der Waals surface area (Å²) in [5.41, 5.74) is -0.736. The minimum atomic E-state index is -1.01. The lowest BCUT2D eigenvalue weighted by molar-refractivity contribution is -0.0582. The van der Waals surface area contributed by atoms with Crippen LogP contribution in [-0.4, -0.2) is 33.1 Å². The molecule has 3 nitrogen and oxygen atoms in total. The van der Waals surface area contributed by atoms with Crippen molar-refractivity contribution in [1.82, 2.24) is 0 Å². The normalized spacial score (nSPS) is 39.9. The second kappa shape index (κ2) is 6.17. The fourth-order valence-electron chi connectivity index (χ4n) is 5.10. The molecule has 0 amide bonds. The average molecular weight is 298 g/mol. The van der Waals surface area contributed by atoms with Gasteiger partial charge in [0, 0.05) is 0 Å². The van der Waals surface area contributed by atoms with Crippen LogP contribution >= 0.6 is 0 Å². The van der Waals surface area contributed by atoms with Crippen LogP contribution < -0.4 is 0 Å². The molecule has 2 saturated carbocycles. The summed E-state index contributed by atoms with van der Waals surface area (Å²) in [7, 11) is 0. The van der Waals surface area contributed by atoms with Gasteiger partial charge in [-0.2, -0.15) is 0 Å². The summed E-state index contributed by atoms with van der Waals surface area (Å²) in [5, 5.41) is 30.2. The highest BCUT2D eigenvalue weighted by molar-refractivity contribution is 5.01. The van der Waals surface area contributed by atoms with Crippen LogP contribution in [0, 0.1) is 23.2 Å². The van der Waals surface area contributed by atoms with E-state index in [1.807, 2.05) is 0 Å². The fraction of sp³-hybridized carbons (Fsp3) is 1.00. The molecule has 2 rings (SSSR count). The van der Waals surface area contributed by atoms with E-state index in [-0.39, 0.29) is 11.5 Å². The third kappa shape index (κ3) is 3.46. The molecule has 0 bridgehead atoms. The summed E-state index contributed by atoms with van der Waals surface area (Å²) in [6.07, 6.45) is 6.56. The van der Waals surface area contributed by atoms with E-state index in [4.69, 9.17) is 0 Å². The van der Waals surface area contributed by atoms with E-state index in [0.717, 1.165) is 25.7 Å². The van der Waals surface area contributed by atoms with Crippen molar-refractivity contribution in [2.75, 3.05) is 0 Å². The van der Waals surface area contributed by atoms with Gasteiger partial charge in [0.1, 0.15) is 0 Å². The van der Waals surface area contributed by atoms with Gasteiger partial charge < -0.3 is 15.3 Å². The molecule has 21 heavy (non-hydrogen) atoms. The van der Waals surface area contributed by atoms with E-state index < -0.39 is 11.7 Å². The van der Waals surface area contributed by atoms with Crippen LogP contribution in [0.2, 0.25) is 0 Å². The Labute approximate surface area is 129 Å². The number of hydrogen-bond donors (Lipinski definition) is 3. The lowest BCUT2D eigenvalue weighted by Crippen LogP contribution is -2.42. The number of aliphatic hydroxyl groups excluding tert-OH is 2. The van der Waals surface area contributed by atoms with Crippen molar-refractivity contribution in [2.45, 2.75) is 90.4 Å². The third-order valence-electron chi connectivity index (χ3n) is 6.56. The maximum Gasteiger partial charge on any atom is 0.0849 e. The van der Waals surface area contributed by atoms with E-state index in [0.29, 0.717) is 24.2 Å². The summed E-state index contributed by atoms with van der Waals surface area (Å²) >= 11 is 0. The number of hydrogen-bond acceptors (Lipinski definition) is 3. The Hall–Kier alpha value is -0.120. The molecule has 0 aliphatic heterocycles. The molecule has 2 aliphatic carbocycles. The zero-order valence-corrected chi connectivity index (χ0v) is 14.2. The Morgan fingerprint density at radius 2 is 1.86 bits per heavy atom. The van der Waals surface area contributed by atoms with Gasteiger partial charge in [-0.25, -0.2) is 0 Å². The number of fused-ring (bicyclic) bond motifs is 1. The molecule has 3 N–H and O–H groups in total. The van der Waals surface area contributed by atoms with Crippen molar-refractivity contribution in [2.24, 2.45) is 23.2 Å². The van der Waals surface area contributed by atoms with Gasteiger partial charge in [-0.1, -0.05) is 20.3 Å². The minimum Gasteiger partial charge on any atom is -0.393 e. The maximum absolute atomic E-state index is 10.3. The second-order valence-corrected chi connectivity index (χ2v) is 8.48. The van der Waals surface area contributed by atoms with Crippen LogP contribution in [0.1, 0.15) is 72.6 Å². The van der Waals surface area contributed by atoms with Gasteiger partial charge in [0.05, 0.1) is 17.8 Å². The third-order valence-corrected chi connectivity index (χ3v) is 6.56. The second-order valence-electron chi connectivity index (χ2n) is 8.48. The quantitative estimate of drug-likeness (QED) is 0.731. The molecule has 0 saturated heterocycles. The van der Waals surface area contributed by atoms with Crippen LogP contribution in [0.5, 0.6) is 0 Å². The predicted molar refractivity (Wildman–Crippen MR) is 84.9 cm³/mol. The molecule has 0 aromatic carbocycles. The largest absolute Gasteiger partial charge is 0.393 e. The standard InChI is InChI=1S/C18H34O3/c1-12(7-10-16(20)17(2,3)21)13-8-9-14-15(19)6-5-11-18(13,14)4/h12-16,19-21H,5-11H2,1-4H3/t12-,13-,14+,15+,16-,18-/m1/s1. The molecule has 6 atom stereocenters. The van der Waals surface area contributed by atoms with Crippen LogP contribution in [0.15, 0.2) is 0 Å². The van der Waals surface area contributed by atoms with Crippen molar-refractivity contribution in [3.8, 4) is 0 Å². The summed E-state index contributed by atoms with van der Waals surface area (Å²) in [6, 6.07) is 0. The van der Waals surface area contributed by atoms with Gasteiger partial charge in [0.15, 0.2) is 0 Å². The van der Waals surface area contributed by atoms with Gasteiger partial charge in [0.25, 0.3) is 0 Å². The molecule has 0 unspecified atom stereocenters. The maximum atomic E-state index is 10.3. The minimum absolute atomic E-state index is 0.108. The van der Waals surface area contributed by atoms with Gasteiger partial charge in [-0.05, 0) is 75.5 Å². The van der Waals surface area contributed by atoms with Crippen LogP contribution in [0.25, 0.3) is 0 Å². The molecule has 0 aromatic rings. The zero-order valence-electron chi connectivity index (χ0n) is 14.2. The molecule has 0 aromatic heterocycles. The zero-order chi connectivity index (χ0) is 15.8. The lowest BCUT2D eigenvalue weighted by atomic mass is 9.61. The first-order valence-corrected chi connectivity index (χ1v) is 8.74. The molecule has 3 heteroatoms. The van der Waals surface area contributed by atoms with Crippen molar-refractivity contribution in [1.29, 1.82) is 0 Å². The Balaban J connectivity index is 1.95. The molecule has 0 heterocycles. The predicted octanol–water partition coefficient (Wildman–Crippen LogP) is 3.11. The first-order valence-electron chi connectivity index (χ1n) is 8.74. The topological polar surface area (TPSA) is 60.7 Å². The molecular weight excluding hydrogens is 264 g/mol. The molecule has 124 valence electrons. The molecule has 2 aliphatic rings. The first-order chi connectivity index (χ1) is 9.66. The van der Waals surface area contributed by atoms with Crippen LogP contribution in [0.3, 0.4) is 0 Å². The van der Waals surface area contributed by atoms with Gasteiger partial charge in [0.2, 0.25) is 0 Å². The van der Waals surface area contributed by atoms with Crippen molar-refractivity contribution >= 4 is 0 Å². The highest BCUT2D eigenvalue weighted by atomic mass is 16.3. The summed E-state index contributed by atoms with van der Waals surface area (Å²) in [5.74, 6) is 1.66. The van der Waals surface area contributed by atoms with E-state index >= 15 is 0 Å². The van der Waals surface area contributed by atoms with Gasteiger partial charge in [-0.15, -0.1) is 0 Å². The highest BCUT2D eigenvalue weighted by Crippen LogP contribution is 2.58. The molecule has 2 fully saturated rings. The smallest absolute Gasteiger partial charge is 0.0849 e. The summed E-state index contributed by atoms with van der Waals surface area (Å²) in [6.45, 7) is 8.01. The van der Waals surface area contributed by atoms with Crippen molar-refractivity contribution < 1.29 is 15.3 Å². The van der Waals surface area contributed by atoms with Gasteiger partial charge >= 0.3 is 0 Å². The number of aliphatic hydroxyl groups is 3. The Bertz CT molecular complexity index is 349. The average Bonchev–Trinajstić information content (AvgIpc) is 2.73. The van der Waals surface area contributed by atoms with Crippen molar-refractivity contribution in [3.05, 3.63) is 0 Å². The monoisotopic (exact) mass is 298 g/mol. The van der Waals surface area contributed by atoms with Crippen molar-refractivity contribution in [3.63, 3.8) is 0 Å². The van der Waals surface area contributed by atoms with E-state index in [1.165, 1.54) is 12.8 Å². The van der Waals surface area contributed by atoms with E-state index in [9.17, 15) is 15.3 Å². The molecule has 0 radical (unpaired) electrons. The van der Waals surface area contributed by atoms with Crippen LogP contribution in [0.4, 0.5) is 0 Å². The Morgan fingerprint density at radius 3 is 2.48 bits per heavy atom. The molecule has 0 spiro atoms. The van der Waals surface area contributed by atoms with Gasteiger partial charge in [-0.3, -0.25) is 0 Å². The van der Waals surface area contributed by atoms with E-state index in [1.54, 1.807) is 13.8 Å². The Kier molecular flexibility index (Phi) is 5.07. The summed E-state index contributed by atoms with van der Waals surface area (Å²) in [4.78, 5) is 0. The fourth-order valence-corrected chi connectivity index (χ4v) is 5.10. The number of rotatable bonds is 5.